The van der Waals surface area contributed by atoms with Crippen molar-refractivity contribution in [2.75, 3.05) is 11.9 Å². The molecule has 30 heavy (non-hydrogen) atoms. The lowest BCUT2D eigenvalue weighted by molar-refractivity contribution is -0.119. The van der Waals surface area contributed by atoms with Crippen molar-refractivity contribution in [1.29, 1.82) is 0 Å². The number of carbonyl (C=O) groups excluding carboxylic acids is 2. The van der Waals surface area contributed by atoms with Gasteiger partial charge in [0.2, 0.25) is 10.0 Å². The monoisotopic (exact) mass is 425 g/mol. The Labute approximate surface area is 173 Å². The molecule has 4 rings (SSSR count). The number of esters is 1. The largest absolute Gasteiger partial charge is 0.452 e. The predicted octanol–water partition coefficient (Wildman–Crippen LogP) is 2.56. The number of hydrogen-bond acceptors (Lipinski definition) is 6. The number of para-hydroxylation sites is 1. The number of anilines is 1. The molecular formula is C21H19N3O5S. The molecule has 154 valence electrons. The normalized spacial score (nSPS) is 13.8. The van der Waals surface area contributed by atoms with Crippen LogP contribution in [0.3, 0.4) is 0 Å². The number of pyridine rings is 1. The highest BCUT2D eigenvalue weighted by molar-refractivity contribution is 7.89. The van der Waals surface area contributed by atoms with Gasteiger partial charge in [-0.25, -0.2) is 18.4 Å². The highest BCUT2D eigenvalue weighted by Crippen LogP contribution is 2.40. The van der Waals surface area contributed by atoms with E-state index >= 15 is 0 Å². The van der Waals surface area contributed by atoms with Crippen molar-refractivity contribution in [1.82, 2.24) is 4.98 Å². The first-order valence-electron chi connectivity index (χ1n) is 9.31. The van der Waals surface area contributed by atoms with Gasteiger partial charge in [0.1, 0.15) is 0 Å². The smallest absolute Gasteiger partial charge is 0.339 e. The van der Waals surface area contributed by atoms with E-state index in [9.17, 15) is 18.0 Å². The van der Waals surface area contributed by atoms with Crippen LogP contribution >= 0.6 is 0 Å². The van der Waals surface area contributed by atoms with Crippen LogP contribution in [-0.4, -0.2) is 31.9 Å². The predicted molar refractivity (Wildman–Crippen MR) is 110 cm³/mol. The van der Waals surface area contributed by atoms with E-state index in [1.807, 2.05) is 18.2 Å². The first kappa shape index (κ1) is 20.0. The van der Waals surface area contributed by atoms with Crippen LogP contribution in [0.5, 0.6) is 0 Å². The number of fused-ring (bicyclic) bond motifs is 1. The van der Waals surface area contributed by atoms with Crippen molar-refractivity contribution in [3.63, 3.8) is 0 Å². The van der Waals surface area contributed by atoms with Crippen molar-refractivity contribution in [2.45, 2.75) is 23.7 Å². The second kappa shape index (κ2) is 7.85. The molecular weight excluding hydrogens is 406 g/mol. The zero-order chi connectivity index (χ0) is 21.3. The van der Waals surface area contributed by atoms with Crippen LogP contribution in [0.2, 0.25) is 0 Å². The number of primary sulfonamides is 1. The van der Waals surface area contributed by atoms with Crippen molar-refractivity contribution >= 4 is 38.5 Å². The van der Waals surface area contributed by atoms with Crippen molar-refractivity contribution in [3.8, 4) is 0 Å². The van der Waals surface area contributed by atoms with E-state index in [0.29, 0.717) is 28.1 Å². The Bertz CT molecular complexity index is 1240. The van der Waals surface area contributed by atoms with Crippen molar-refractivity contribution < 1.29 is 22.7 Å². The van der Waals surface area contributed by atoms with Gasteiger partial charge in [-0.05, 0) is 49.2 Å². The van der Waals surface area contributed by atoms with Gasteiger partial charge in [-0.3, -0.25) is 9.78 Å². The van der Waals surface area contributed by atoms with Crippen LogP contribution in [-0.2, 0) is 19.6 Å². The van der Waals surface area contributed by atoms with Gasteiger partial charge in [0.25, 0.3) is 5.91 Å². The maximum atomic E-state index is 12.7. The second-order valence-corrected chi connectivity index (χ2v) is 8.64. The van der Waals surface area contributed by atoms with Crippen LogP contribution in [0, 0.1) is 0 Å². The third-order valence-corrected chi connectivity index (χ3v) is 5.68. The summed E-state index contributed by atoms with van der Waals surface area (Å²) in [7, 11) is -3.81. The average molecular weight is 425 g/mol. The van der Waals surface area contributed by atoms with Gasteiger partial charge < -0.3 is 10.1 Å². The number of hydrogen-bond donors (Lipinski definition) is 2. The van der Waals surface area contributed by atoms with Crippen molar-refractivity contribution in [2.24, 2.45) is 5.14 Å². The Hall–Kier alpha value is -3.30. The molecule has 0 aliphatic heterocycles. The molecule has 9 heteroatoms. The molecule has 1 heterocycles. The number of nitrogens with zero attached hydrogens (tertiary/aromatic N) is 1. The third-order valence-electron chi connectivity index (χ3n) is 4.75. The fraction of sp³-hybridized carbons (Fsp3) is 0.190. The summed E-state index contributed by atoms with van der Waals surface area (Å²) in [5.41, 5.74) is 2.31. The number of ether oxygens (including phenoxy) is 1. The molecule has 3 N–H and O–H groups in total. The average Bonchev–Trinajstić information content (AvgIpc) is 3.56. The Morgan fingerprint density at radius 2 is 1.80 bits per heavy atom. The summed E-state index contributed by atoms with van der Waals surface area (Å²) in [6.07, 6.45) is 2.10. The lowest BCUT2D eigenvalue weighted by atomic mass is 10.1. The number of benzene rings is 2. The van der Waals surface area contributed by atoms with E-state index in [-0.39, 0.29) is 4.90 Å². The molecule has 1 aromatic heterocycles. The molecule has 2 aromatic carbocycles. The maximum Gasteiger partial charge on any atom is 0.339 e. The lowest BCUT2D eigenvalue weighted by Crippen LogP contribution is -2.21. The quantitative estimate of drug-likeness (QED) is 0.584. The minimum atomic E-state index is -3.81. The Balaban J connectivity index is 1.44. The maximum absolute atomic E-state index is 12.7. The number of amides is 1. The van der Waals surface area contributed by atoms with E-state index in [1.54, 1.807) is 12.1 Å². The van der Waals surface area contributed by atoms with Gasteiger partial charge in [-0.2, -0.15) is 0 Å². The Kier molecular flexibility index (Phi) is 5.23. The van der Waals surface area contributed by atoms with E-state index in [1.165, 1.54) is 24.3 Å². The highest BCUT2D eigenvalue weighted by Gasteiger charge is 2.27. The summed E-state index contributed by atoms with van der Waals surface area (Å²) in [4.78, 5) is 29.3. The molecule has 0 bridgehead atoms. The molecule has 0 atom stereocenters. The SMILES string of the molecule is NS(=O)(=O)c1ccc(NC(=O)COC(=O)c2cc(C3CC3)nc3ccccc23)cc1. The van der Waals surface area contributed by atoms with E-state index in [4.69, 9.17) is 9.88 Å². The fourth-order valence-electron chi connectivity index (χ4n) is 3.09. The Morgan fingerprint density at radius 1 is 1.10 bits per heavy atom. The van der Waals surface area contributed by atoms with Gasteiger partial charge >= 0.3 is 5.97 Å². The molecule has 0 unspecified atom stereocenters. The van der Waals surface area contributed by atoms with E-state index < -0.39 is 28.5 Å². The summed E-state index contributed by atoms with van der Waals surface area (Å²) in [6.45, 7) is -0.481. The molecule has 1 saturated carbocycles. The van der Waals surface area contributed by atoms with Gasteiger partial charge in [0, 0.05) is 22.7 Å². The van der Waals surface area contributed by atoms with Crippen LogP contribution in [0.4, 0.5) is 5.69 Å². The van der Waals surface area contributed by atoms with Crippen LogP contribution < -0.4 is 10.5 Å². The minimum Gasteiger partial charge on any atom is -0.452 e. The number of sulfonamides is 1. The molecule has 3 aromatic rings. The highest BCUT2D eigenvalue weighted by atomic mass is 32.2. The van der Waals surface area contributed by atoms with Crippen LogP contribution in [0.15, 0.2) is 59.5 Å². The number of aromatic nitrogens is 1. The summed E-state index contributed by atoms with van der Waals surface area (Å²) in [5, 5.41) is 8.25. The van der Waals surface area contributed by atoms with Gasteiger partial charge in [-0.15, -0.1) is 0 Å². The third kappa shape index (κ3) is 4.47. The summed E-state index contributed by atoms with van der Waals surface area (Å²) >= 11 is 0. The topological polar surface area (TPSA) is 128 Å². The van der Waals surface area contributed by atoms with Gasteiger partial charge in [0.05, 0.1) is 16.0 Å². The van der Waals surface area contributed by atoms with Crippen LogP contribution in [0.25, 0.3) is 10.9 Å². The number of carbonyl (C=O) groups is 2. The van der Waals surface area contributed by atoms with Crippen molar-refractivity contribution in [3.05, 3.63) is 65.9 Å². The number of nitrogens with one attached hydrogen (secondary N) is 1. The fourth-order valence-corrected chi connectivity index (χ4v) is 3.60. The van der Waals surface area contributed by atoms with Gasteiger partial charge in [0.15, 0.2) is 6.61 Å². The Morgan fingerprint density at radius 3 is 2.47 bits per heavy atom. The molecule has 0 radical (unpaired) electrons. The summed E-state index contributed by atoms with van der Waals surface area (Å²) in [6, 6.07) is 14.4. The zero-order valence-corrected chi connectivity index (χ0v) is 16.7. The molecule has 1 aliphatic carbocycles. The molecule has 1 fully saturated rings. The second-order valence-electron chi connectivity index (χ2n) is 7.08. The molecule has 8 nitrogen and oxygen atoms in total. The lowest BCUT2D eigenvalue weighted by Gasteiger charge is -2.10. The van der Waals surface area contributed by atoms with E-state index in [0.717, 1.165) is 18.5 Å². The van der Waals surface area contributed by atoms with E-state index in [2.05, 4.69) is 10.3 Å². The first-order chi connectivity index (χ1) is 14.3. The minimum absolute atomic E-state index is 0.0667. The number of rotatable bonds is 6. The van der Waals surface area contributed by atoms with Gasteiger partial charge in [-0.1, -0.05) is 18.2 Å². The number of nitrogens with two attached hydrogens (primary N) is 1. The van der Waals surface area contributed by atoms with Crippen LogP contribution in [0.1, 0.15) is 34.8 Å². The first-order valence-corrected chi connectivity index (χ1v) is 10.9. The summed E-state index contributed by atoms with van der Waals surface area (Å²) < 4.78 is 27.7. The zero-order valence-electron chi connectivity index (χ0n) is 15.9. The molecule has 1 amide bonds. The summed E-state index contributed by atoms with van der Waals surface area (Å²) in [5.74, 6) is -0.785. The molecule has 1 aliphatic rings. The standard InChI is InChI=1S/C21H19N3O5S/c22-30(27,28)15-9-7-14(8-10-15)23-20(25)12-29-21(26)17-11-19(13-5-6-13)24-18-4-2-1-3-16(17)18/h1-4,7-11,13H,5-6,12H2,(H,23,25)(H2,22,27,28). The molecule has 0 spiro atoms. The molecule has 0 saturated heterocycles.